The van der Waals surface area contributed by atoms with Crippen LogP contribution in [0.2, 0.25) is 0 Å². The molecule has 604 valence electrons. The number of ether oxygens (including phenoxy) is 5. The Labute approximate surface area is 651 Å². The summed E-state index contributed by atoms with van der Waals surface area (Å²) < 4.78 is 98.4. The zero-order valence-corrected chi connectivity index (χ0v) is 68.4. The van der Waals surface area contributed by atoms with Gasteiger partial charge in [0, 0.05) is 55.4 Å². The van der Waals surface area contributed by atoms with Gasteiger partial charge in [-0.3, -0.25) is 61.9 Å². The molecule has 110 heavy (non-hydrogen) atoms. The summed E-state index contributed by atoms with van der Waals surface area (Å²) in [7, 11) is 0. The second-order valence-electron chi connectivity index (χ2n) is 26.7. The Morgan fingerprint density at radius 2 is 0.936 bits per heavy atom. The summed E-state index contributed by atoms with van der Waals surface area (Å²) in [6, 6.07) is 1.48. The molecule has 14 N–H and O–H groups in total. The molecule has 5 fully saturated rings. The summed E-state index contributed by atoms with van der Waals surface area (Å²) in [5.41, 5.74) is 8.99. The van der Waals surface area contributed by atoms with Gasteiger partial charge in [-0.15, -0.1) is 0 Å². The van der Waals surface area contributed by atoms with Crippen LogP contribution in [0, 0.1) is 32.6 Å². The molecule has 12 heterocycles. The van der Waals surface area contributed by atoms with Crippen molar-refractivity contribution in [2.24, 2.45) is 11.8 Å². The van der Waals surface area contributed by atoms with E-state index < -0.39 is 190 Å². The number of aromatic nitrogens is 14. The van der Waals surface area contributed by atoms with Crippen LogP contribution in [-0.2, 0) is 128 Å². The molecule has 12 rings (SSSR count). The summed E-state index contributed by atoms with van der Waals surface area (Å²) in [6.07, 6.45) is -12.2. The van der Waals surface area contributed by atoms with E-state index in [0.29, 0.717) is 6.42 Å². The zero-order chi connectivity index (χ0) is 79.6. The maximum absolute atomic E-state index is 13.4. The van der Waals surface area contributed by atoms with Gasteiger partial charge in [0.15, 0.2) is 22.3 Å². The fourth-order valence-corrected chi connectivity index (χ4v) is 21.2. The second-order valence-corrected chi connectivity index (χ2v) is 43.1. The van der Waals surface area contributed by atoms with Crippen molar-refractivity contribution >= 4 is 144 Å². The predicted octanol–water partition coefficient (Wildman–Crippen LogP) is 2.06. The minimum atomic E-state index is -4.63. The van der Waals surface area contributed by atoms with Gasteiger partial charge < -0.3 is 106 Å². The molecule has 5 aliphatic rings. The number of anilines is 3. The van der Waals surface area contributed by atoms with Gasteiger partial charge in [0.2, 0.25) is 17.6 Å². The largest absolute Gasteiger partial charge is 0.383 e. The van der Waals surface area contributed by atoms with E-state index in [1.54, 1.807) is 20.8 Å². The first-order chi connectivity index (χ1) is 51.6. The first-order valence-electron chi connectivity index (χ1n) is 33.6. The molecule has 0 aromatic carbocycles. The number of imidazole rings is 2. The summed E-state index contributed by atoms with van der Waals surface area (Å²) in [4.78, 5) is 168. The van der Waals surface area contributed by atoms with Crippen LogP contribution < -0.4 is 56.5 Å². The van der Waals surface area contributed by atoms with Crippen molar-refractivity contribution in [1.82, 2.24) is 67.7 Å². The Morgan fingerprint density at radius 3 is 1.42 bits per heavy atom. The van der Waals surface area contributed by atoms with Crippen LogP contribution in [0.25, 0.3) is 22.3 Å². The van der Waals surface area contributed by atoms with Gasteiger partial charge in [0.1, 0.15) is 67.2 Å². The maximum Gasteiger partial charge on any atom is 0.351 e. The van der Waals surface area contributed by atoms with E-state index in [1.807, 2.05) is 13.8 Å². The molecule has 0 bridgehead atoms. The average molecular weight is 1750 g/mol. The van der Waals surface area contributed by atoms with Gasteiger partial charge in [-0.1, -0.05) is 26.1 Å². The zero-order valence-electron chi connectivity index (χ0n) is 59.0. The standard InChI is InChI=1S/C56H78N17O26P5S6/c1-23(2)28-10-39(69-9-8-38(57)62-54(69)78)90-33(28)17-89-104(109,110)99-32-13-41(71-16-26(6)49(75)68-56(71)80)92-37(32)21-88-102(83,107)97-30-12-42(72-22-60-44-46(72)63-52(58)65-50(44)76)93-35(30)19-87-101(82,106)96-29-11-40(70-15-25(5)48(74)67-55(70)79)91-34(29)18-86-103(84,108)98-31-14-43(94-36(31)20-85-100(81,105)95-24(3)4)73-27(7)61-45-47(73)64-53(59)66-51(45)77/h8-9,15-16,22-24,28-37,39-43H,10-14,17-21H2,1-7H3,(H,81,105)(H,82,106)(H,83,107)(H,84,108)(H,109,110)(H2,57,62,78)(H,67,74,79)(H,68,75,80)(H3,58,63,65,76)(H3,59,64,66,77)/t28?,29?,30?,31?,32?,33-,34-,35-,36-,37-,39-,40-,41-,42-,43-,100?,101?,102?,103?/m1/s1. The number of fused-ring (bicyclic) bond motifs is 2. The predicted molar refractivity (Wildman–Crippen MR) is 411 cm³/mol. The molecule has 0 spiro atoms. The minimum absolute atomic E-state index is 0.0363. The number of hydrogen-bond acceptors (Lipinski definition) is 35. The van der Waals surface area contributed by atoms with E-state index >= 15 is 0 Å². The summed E-state index contributed by atoms with van der Waals surface area (Å²) in [5.74, 6) is -0.314. The minimum Gasteiger partial charge on any atom is -0.383 e. The molecule has 5 aliphatic heterocycles. The Balaban J connectivity index is 0.760. The van der Waals surface area contributed by atoms with E-state index in [1.165, 1.54) is 58.5 Å². The van der Waals surface area contributed by atoms with E-state index in [2.05, 4.69) is 57.1 Å². The van der Waals surface area contributed by atoms with Crippen molar-refractivity contribution in [3.8, 4) is 0 Å². The highest BCUT2D eigenvalue weighted by atomic mass is 32.9. The lowest BCUT2D eigenvalue weighted by Gasteiger charge is -2.29. The molecule has 54 heteroatoms. The Kier molecular flexibility index (Phi) is 26.0. The number of thiol groups is 1. The summed E-state index contributed by atoms with van der Waals surface area (Å²) in [6.45, 7) is -8.61. The van der Waals surface area contributed by atoms with Gasteiger partial charge in [0.05, 0.1) is 76.0 Å². The SMILES string of the molecule is Cc1cn([C@H]2CC(OP(O)(=S)OC[C@H]3O[C@@H](n4cnc5c(=O)[nH]c(N)nc54)CC3OP(O)(=S)OC[C@H]3O[C@@H](n4cc(C)c(=O)[nH]c4=O)CC3OP(=S)(S)OC[C@H]3O[C@@H](n4ccc(N)nc4=O)CC3C(C)C)[C@@H](COP(O)(=S)OC3C[C@H](n4c(C)nc5c(=O)[nH]c(N)nc54)O[C@@H]3COP(O)(=S)OC(C)C)O2)c(=O)[nH]c1=O. The van der Waals surface area contributed by atoms with E-state index in [-0.39, 0.29) is 101 Å². The van der Waals surface area contributed by atoms with Crippen LogP contribution in [0.5, 0.6) is 0 Å². The molecule has 10 unspecified atom stereocenters. The first-order valence-corrected chi connectivity index (χ1v) is 47.7. The molecule has 7 aromatic rings. The Bertz CT molecular complexity index is 5340. The Hall–Kier alpha value is -4.82. The molecule has 0 amide bonds. The first kappa shape index (κ1) is 84.6. The number of nitrogens with zero attached hydrogens (tertiary/aromatic N) is 10. The second kappa shape index (κ2) is 33.8. The maximum atomic E-state index is 13.4. The molecule has 0 saturated carbocycles. The fourth-order valence-electron chi connectivity index (χ4n) is 13.1. The number of H-pyrrole nitrogens is 4. The number of nitrogens with one attached hydrogen (secondary N) is 4. The third-order valence-electron chi connectivity index (χ3n) is 18.2. The van der Waals surface area contributed by atoms with E-state index in [0.717, 1.165) is 9.13 Å². The normalized spacial score (nSPS) is 28.6. The van der Waals surface area contributed by atoms with Gasteiger partial charge in [-0.2, -0.15) is 15.0 Å². The fraction of sp³-hybridized carbons (Fsp3) is 0.607. The van der Waals surface area contributed by atoms with Crippen LogP contribution in [0.3, 0.4) is 0 Å². The number of rotatable bonds is 31. The number of aromatic amines is 4. The third-order valence-corrected chi connectivity index (χ3v) is 26.9. The lowest BCUT2D eigenvalue weighted by Crippen LogP contribution is -2.33. The van der Waals surface area contributed by atoms with Crippen molar-refractivity contribution in [3.05, 3.63) is 121 Å². The lowest BCUT2D eigenvalue weighted by atomic mass is 9.89. The van der Waals surface area contributed by atoms with Crippen molar-refractivity contribution in [2.75, 3.05) is 50.2 Å². The van der Waals surface area contributed by atoms with Crippen LogP contribution in [0.1, 0.15) is 108 Å². The van der Waals surface area contributed by atoms with E-state index in [4.69, 9.17) is 145 Å². The topological polar surface area (TPSA) is 569 Å². The number of aryl methyl sites for hydroxylation is 3. The highest BCUT2D eigenvalue weighted by Gasteiger charge is 2.49. The molecule has 7 aromatic heterocycles. The van der Waals surface area contributed by atoms with Crippen LogP contribution in [-0.4, -0.2) is 181 Å². The van der Waals surface area contributed by atoms with Gasteiger partial charge in [-0.05, 0) is 118 Å². The summed E-state index contributed by atoms with van der Waals surface area (Å²) in [5, 5.41) is 0. The molecule has 20 atom stereocenters. The highest BCUT2D eigenvalue weighted by Crippen LogP contribution is 2.59. The Morgan fingerprint density at radius 1 is 0.518 bits per heavy atom. The lowest BCUT2D eigenvalue weighted by molar-refractivity contribution is -0.0556. The number of nitrogen functional groups attached to an aromatic ring is 3. The van der Waals surface area contributed by atoms with Crippen molar-refractivity contribution in [3.63, 3.8) is 0 Å². The third kappa shape index (κ3) is 20.0. The molecule has 5 saturated heterocycles. The quantitative estimate of drug-likeness (QED) is 0.0219. The molecular formula is C56H78N17O26P5S6. The monoisotopic (exact) mass is 1750 g/mol. The van der Waals surface area contributed by atoms with Crippen molar-refractivity contribution in [1.29, 1.82) is 0 Å². The van der Waals surface area contributed by atoms with Gasteiger partial charge in [-0.25, -0.2) is 24.4 Å². The van der Waals surface area contributed by atoms with Crippen molar-refractivity contribution in [2.45, 2.75) is 173 Å². The van der Waals surface area contributed by atoms with Crippen LogP contribution in [0.4, 0.5) is 17.7 Å². The number of hydrogen-bond donors (Lipinski definition) is 12. The summed E-state index contributed by atoms with van der Waals surface area (Å²) >= 11 is 32.7. The molecule has 43 nitrogen and oxygen atoms in total. The average Bonchev–Trinajstić information content (AvgIpc) is 1.61. The number of nitrogens with two attached hydrogens (primary N) is 3. The van der Waals surface area contributed by atoms with Crippen molar-refractivity contribution < 1.29 is 88.5 Å². The molecular weight excluding hydrogens is 1670 g/mol. The molecule has 0 aliphatic carbocycles. The smallest absolute Gasteiger partial charge is 0.351 e. The van der Waals surface area contributed by atoms with Gasteiger partial charge >= 0.3 is 43.9 Å². The van der Waals surface area contributed by atoms with Gasteiger partial charge in [0.25, 0.3) is 22.2 Å². The van der Waals surface area contributed by atoms with Crippen LogP contribution in [0.15, 0.2) is 64.5 Å². The molecule has 0 radical (unpaired) electrons. The van der Waals surface area contributed by atoms with E-state index in [9.17, 15) is 53.1 Å². The van der Waals surface area contributed by atoms with Crippen LogP contribution >= 0.6 is 44.8 Å². The highest BCUT2D eigenvalue weighted by molar-refractivity contribution is 8.60.